The Morgan fingerprint density at radius 2 is 1.86 bits per heavy atom. The Balaban J connectivity index is 1.79. The highest BCUT2D eigenvalue weighted by Crippen LogP contribution is 2.41. The average molecular weight is 395 g/mol. The Morgan fingerprint density at radius 1 is 1.10 bits per heavy atom. The van der Waals surface area contributed by atoms with Crippen molar-refractivity contribution in [1.82, 2.24) is 19.9 Å². The molecule has 0 fully saturated rings. The minimum atomic E-state index is -0.524. The van der Waals surface area contributed by atoms with Gasteiger partial charge in [-0.3, -0.25) is 9.69 Å². The summed E-state index contributed by atoms with van der Waals surface area (Å²) in [7, 11) is 2.94. The lowest BCUT2D eigenvalue weighted by atomic mass is 10.0. The molecule has 0 bridgehead atoms. The molecule has 4 rings (SSSR count). The molecule has 1 aliphatic heterocycles. The number of anilines is 1. The first-order chi connectivity index (χ1) is 14.1. The zero-order valence-corrected chi connectivity index (χ0v) is 15.9. The third kappa shape index (κ3) is 3.40. The molecule has 1 aliphatic rings. The SMILES string of the molecule is COCC[C@H]1c2cc(F)c(OC)cc2C(=O)N1c1ccnc(-c2ncccn2)n1. The zero-order valence-electron chi connectivity index (χ0n) is 15.9. The van der Waals surface area contributed by atoms with Gasteiger partial charge in [0.25, 0.3) is 5.91 Å². The standard InChI is InChI=1S/C20H18FN5O3/c1-28-9-5-15-12-10-14(21)16(29-2)11-13(12)20(27)26(15)17-4-8-24-19(25-17)18-22-6-3-7-23-18/h3-4,6-8,10-11,15H,5,9H2,1-2H3/t15-/m0/s1. The smallest absolute Gasteiger partial charge is 0.260 e. The molecule has 0 radical (unpaired) electrons. The number of aromatic nitrogens is 4. The first kappa shape index (κ1) is 18.9. The van der Waals surface area contributed by atoms with Crippen LogP contribution in [0.25, 0.3) is 11.6 Å². The zero-order chi connectivity index (χ0) is 20.4. The van der Waals surface area contributed by atoms with Gasteiger partial charge < -0.3 is 9.47 Å². The lowest BCUT2D eigenvalue weighted by Gasteiger charge is -2.24. The highest BCUT2D eigenvalue weighted by atomic mass is 19.1. The van der Waals surface area contributed by atoms with Crippen molar-refractivity contribution in [1.29, 1.82) is 0 Å². The molecule has 0 unspecified atom stereocenters. The maximum absolute atomic E-state index is 14.4. The Hall–Kier alpha value is -3.46. The molecule has 0 saturated carbocycles. The van der Waals surface area contributed by atoms with Gasteiger partial charge in [-0.2, -0.15) is 0 Å². The number of methoxy groups -OCH3 is 2. The van der Waals surface area contributed by atoms with Crippen LogP contribution in [0.5, 0.6) is 5.75 Å². The number of ether oxygens (including phenoxy) is 2. The van der Waals surface area contributed by atoms with Gasteiger partial charge in [0.1, 0.15) is 5.82 Å². The van der Waals surface area contributed by atoms with Crippen molar-refractivity contribution in [2.75, 3.05) is 25.7 Å². The van der Waals surface area contributed by atoms with Crippen LogP contribution in [0.4, 0.5) is 10.2 Å². The van der Waals surface area contributed by atoms with Gasteiger partial charge in [0.2, 0.25) is 0 Å². The molecule has 3 heterocycles. The van der Waals surface area contributed by atoms with Gasteiger partial charge in [0, 0.05) is 37.9 Å². The second kappa shape index (κ2) is 7.88. The number of amides is 1. The first-order valence-corrected chi connectivity index (χ1v) is 8.94. The second-order valence-corrected chi connectivity index (χ2v) is 6.36. The molecule has 2 aromatic heterocycles. The molecule has 29 heavy (non-hydrogen) atoms. The number of hydrogen-bond donors (Lipinski definition) is 0. The number of halogens is 1. The summed E-state index contributed by atoms with van der Waals surface area (Å²) in [5.41, 5.74) is 0.946. The lowest BCUT2D eigenvalue weighted by molar-refractivity contribution is 0.0985. The van der Waals surface area contributed by atoms with Crippen molar-refractivity contribution in [3.8, 4) is 17.4 Å². The Morgan fingerprint density at radius 3 is 2.59 bits per heavy atom. The number of carbonyl (C=O) groups is 1. The average Bonchev–Trinajstić information content (AvgIpc) is 3.02. The molecule has 0 aliphatic carbocycles. The first-order valence-electron chi connectivity index (χ1n) is 8.94. The lowest BCUT2D eigenvalue weighted by Crippen LogP contribution is -2.29. The van der Waals surface area contributed by atoms with Crippen LogP contribution in [0.15, 0.2) is 42.9 Å². The van der Waals surface area contributed by atoms with Gasteiger partial charge in [-0.1, -0.05) is 0 Å². The van der Waals surface area contributed by atoms with Crippen molar-refractivity contribution >= 4 is 11.7 Å². The summed E-state index contributed by atoms with van der Waals surface area (Å²) in [5.74, 6) is 0.220. The number of rotatable bonds is 6. The number of carbonyl (C=O) groups excluding carboxylic acids is 1. The summed E-state index contributed by atoms with van der Waals surface area (Å²) in [6.45, 7) is 0.390. The van der Waals surface area contributed by atoms with E-state index in [0.717, 1.165) is 0 Å². The van der Waals surface area contributed by atoms with E-state index >= 15 is 0 Å². The fourth-order valence-corrected chi connectivity index (χ4v) is 3.38. The van der Waals surface area contributed by atoms with Gasteiger partial charge in [-0.25, -0.2) is 24.3 Å². The van der Waals surface area contributed by atoms with E-state index in [1.807, 2.05) is 0 Å². The minimum absolute atomic E-state index is 0.0190. The molecular weight excluding hydrogens is 377 g/mol. The topological polar surface area (TPSA) is 90.3 Å². The van der Waals surface area contributed by atoms with E-state index in [1.54, 1.807) is 37.8 Å². The number of nitrogens with zero attached hydrogens (tertiary/aromatic N) is 5. The van der Waals surface area contributed by atoms with Crippen LogP contribution in [-0.2, 0) is 4.74 Å². The number of fused-ring (bicyclic) bond motifs is 1. The summed E-state index contributed by atoms with van der Waals surface area (Å²) >= 11 is 0. The van der Waals surface area contributed by atoms with Crippen LogP contribution in [0.3, 0.4) is 0 Å². The predicted molar refractivity (Wildman–Crippen MR) is 102 cm³/mol. The van der Waals surface area contributed by atoms with Crippen molar-refractivity contribution in [3.63, 3.8) is 0 Å². The summed E-state index contributed by atoms with van der Waals surface area (Å²) in [6, 6.07) is 5.65. The molecular formula is C20H18FN5O3. The van der Waals surface area contributed by atoms with Crippen LogP contribution >= 0.6 is 0 Å². The predicted octanol–water partition coefficient (Wildman–Crippen LogP) is 2.82. The van der Waals surface area contributed by atoms with Gasteiger partial charge in [-0.15, -0.1) is 0 Å². The minimum Gasteiger partial charge on any atom is -0.494 e. The van der Waals surface area contributed by atoms with E-state index in [0.29, 0.717) is 41.6 Å². The van der Waals surface area contributed by atoms with Crippen molar-refractivity contribution < 1.29 is 18.7 Å². The highest BCUT2D eigenvalue weighted by molar-refractivity contribution is 6.10. The summed E-state index contributed by atoms with van der Waals surface area (Å²) < 4.78 is 24.6. The van der Waals surface area contributed by atoms with Crippen molar-refractivity contribution in [3.05, 3.63) is 59.8 Å². The quantitative estimate of drug-likeness (QED) is 0.634. The van der Waals surface area contributed by atoms with E-state index in [9.17, 15) is 9.18 Å². The van der Waals surface area contributed by atoms with Crippen LogP contribution in [0.1, 0.15) is 28.4 Å². The Labute approximate surface area is 166 Å². The molecule has 9 heteroatoms. The third-order valence-electron chi connectivity index (χ3n) is 4.69. The van der Waals surface area contributed by atoms with E-state index in [1.165, 1.54) is 24.1 Å². The second-order valence-electron chi connectivity index (χ2n) is 6.36. The largest absolute Gasteiger partial charge is 0.494 e. The molecule has 8 nitrogen and oxygen atoms in total. The molecule has 1 amide bonds. The fraction of sp³-hybridized carbons (Fsp3) is 0.250. The van der Waals surface area contributed by atoms with E-state index in [2.05, 4.69) is 19.9 Å². The van der Waals surface area contributed by atoms with Crippen LogP contribution in [-0.4, -0.2) is 46.7 Å². The normalized spacial score (nSPS) is 15.5. The van der Waals surface area contributed by atoms with Gasteiger partial charge >= 0.3 is 0 Å². The summed E-state index contributed by atoms with van der Waals surface area (Å²) in [5, 5.41) is 0. The van der Waals surface area contributed by atoms with Gasteiger partial charge in [-0.05, 0) is 36.2 Å². The van der Waals surface area contributed by atoms with Gasteiger partial charge in [0.15, 0.2) is 23.2 Å². The maximum Gasteiger partial charge on any atom is 0.260 e. The third-order valence-corrected chi connectivity index (χ3v) is 4.69. The van der Waals surface area contributed by atoms with E-state index < -0.39 is 11.9 Å². The molecule has 1 atom stereocenters. The van der Waals surface area contributed by atoms with Crippen LogP contribution < -0.4 is 9.64 Å². The summed E-state index contributed by atoms with van der Waals surface area (Å²) in [6.07, 6.45) is 5.19. The number of benzene rings is 1. The fourth-order valence-electron chi connectivity index (χ4n) is 3.38. The Bertz CT molecular complexity index is 1050. The monoisotopic (exact) mass is 395 g/mol. The van der Waals surface area contributed by atoms with E-state index in [-0.39, 0.29) is 11.7 Å². The van der Waals surface area contributed by atoms with Crippen molar-refractivity contribution in [2.24, 2.45) is 0 Å². The molecule has 3 aromatic rings. The molecule has 148 valence electrons. The van der Waals surface area contributed by atoms with Crippen molar-refractivity contribution in [2.45, 2.75) is 12.5 Å². The maximum atomic E-state index is 14.4. The molecule has 0 N–H and O–H groups in total. The van der Waals surface area contributed by atoms with Crippen LogP contribution in [0, 0.1) is 5.82 Å². The highest BCUT2D eigenvalue weighted by Gasteiger charge is 2.39. The molecule has 0 saturated heterocycles. The van der Waals surface area contributed by atoms with Gasteiger partial charge in [0.05, 0.1) is 13.2 Å². The number of hydrogen-bond acceptors (Lipinski definition) is 7. The molecule has 0 spiro atoms. The van der Waals surface area contributed by atoms with E-state index in [4.69, 9.17) is 9.47 Å². The molecule has 1 aromatic carbocycles. The Kier molecular flexibility index (Phi) is 5.13. The van der Waals surface area contributed by atoms with Crippen LogP contribution in [0.2, 0.25) is 0 Å². The summed E-state index contributed by atoms with van der Waals surface area (Å²) in [4.78, 5) is 31.7.